The van der Waals surface area contributed by atoms with E-state index in [1.807, 2.05) is 80.3 Å². The largest absolute Gasteiger partial charge is 0.328 e. The molecule has 1 atom stereocenters. The van der Waals surface area contributed by atoms with Crippen molar-refractivity contribution >= 4 is 5.91 Å². The van der Waals surface area contributed by atoms with Gasteiger partial charge >= 0.3 is 0 Å². The fraction of sp³-hybridized carbons (Fsp3) is 0.452. The van der Waals surface area contributed by atoms with Crippen molar-refractivity contribution in [3.63, 3.8) is 0 Å². The average molecular weight is 501 g/mol. The van der Waals surface area contributed by atoms with Crippen LogP contribution in [0.3, 0.4) is 0 Å². The summed E-state index contributed by atoms with van der Waals surface area (Å²) >= 11 is 0. The van der Waals surface area contributed by atoms with Crippen LogP contribution >= 0.6 is 0 Å². The lowest BCUT2D eigenvalue weighted by atomic mass is 9.93. The van der Waals surface area contributed by atoms with Crippen molar-refractivity contribution in [3.8, 4) is 0 Å². The van der Waals surface area contributed by atoms with Crippen LogP contribution in [0.5, 0.6) is 0 Å². The van der Waals surface area contributed by atoms with Gasteiger partial charge in [-0.2, -0.15) is 0 Å². The third kappa shape index (κ3) is 6.19. The van der Waals surface area contributed by atoms with E-state index >= 15 is 0 Å². The molecular weight excluding hydrogens is 460 g/mol. The summed E-state index contributed by atoms with van der Waals surface area (Å²) in [4.78, 5) is 34.8. The number of aryl methyl sites for hydroxylation is 2. The minimum Gasteiger partial charge on any atom is -0.328 e. The second-order valence-corrected chi connectivity index (χ2v) is 10.8. The molecule has 1 aromatic heterocycles. The van der Waals surface area contributed by atoms with Gasteiger partial charge in [0.15, 0.2) is 0 Å². The van der Waals surface area contributed by atoms with E-state index in [-0.39, 0.29) is 23.4 Å². The SMILES string of the molecule is Cc1ccc(C(=O)N(CC2CCNCC2)C(c2nc(C)c(C)c(=O)n2Cc2ccccc2)C(C)C)cc1. The van der Waals surface area contributed by atoms with Crippen LogP contribution in [0.25, 0.3) is 0 Å². The number of nitrogens with one attached hydrogen (secondary N) is 1. The normalized spacial score (nSPS) is 15.1. The minimum atomic E-state index is -0.334. The lowest BCUT2D eigenvalue weighted by molar-refractivity contribution is 0.0539. The number of piperidine rings is 1. The summed E-state index contributed by atoms with van der Waals surface area (Å²) in [5, 5.41) is 3.44. The topological polar surface area (TPSA) is 67.2 Å². The molecule has 1 aliphatic heterocycles. The zero-order valence-corrected chi connectivity index (χ0v) is 22.8. The molecule has 4 rings (SSSR count). The van der Waals surface area contributed by atoms with Crippen LogP contribution in [0.4, 0.5) is 0 Å². The Hall–Kier alpha value is -3.25. The number of benzene rings is 2. The average Bonchev–Trinajstić information content (AvgIpc) is 2.90. The van der Waals surface area contributed by atoms with Gasteiger partial charge < -0.3 is 10.2 Å². The van der Waals surface area contributed by atoms with Gasteiger partial charge in [0, 0.05) is 23.4 Å². The van der Waals surface area contributed by atoms with Gasteiger partial charge in [0.05, 0.1) is 12.6 Å². The molecule has 2 heterocycles. The Bertz CT molecular complexity index is 1260. The van der Waals surface area contributed by atoms with Crippen LogP contribution in [-0.2, 0) is 6.54 Å². The molecule has 1 aliphatic rings. The Morgan fingerprint density at radius 2 is 1.68 bits per heavy atom. The summed E-state index contributed by atoms with van der Waals surface area (Å²) < 4.78 is 1.79. The lowest BCUT2D eigenvalue weighted by Crippen LogP contribution is -2.45. The minimum absolute atomic E-state index is 0.00373. The van der Waals surface area contributed by atoms with Gasteiger partial charge in [-0.1, -0.05) is 61.9 Å². The number of rotatable bonds is 8. The van der Waals surface area contributed by atoms with E-state index in [1.165, 1.54) is 0 Å². The highest BCUT2D eigenvalue weighted by atomic mass is 16.2. The Balaban J connectivity index is 1.84. The molecule has 0 saturated carbocycles. The standard InChI is InChI=1S/C31H40N4O2/c1-21(2)28(29-33-24(5)23(4)30(36)35(29)20-25-9-7-6-8-10-25)34(19-26-15-17-32-18-16-26)31(37)27-13-11-22(3)12-14-27/h6-14,21,26,28,32H,15-20H2,1-5H3. The first-order chi connectivity index (χ1) is 17.8. The first-order valence-electron chi connectivity index (χ1n) is 13.5. The summed E-state index contributed by atoms with van der Waals surface area (Å²) in [6, 6.07) is 17.5. The molecule has 2 aromatic carbocycles. The predicted molar refractivity (Wildman–Crippen MR) is 149 cm³/mol. The zero-order chi connectivity index (χ0) is 26.5. The summed E-state index contributed by atoms with van der Waals surface area (Å²) in [7, 11) is 0. The molecule has 3 aromatic rings. The van der Waals surface area contributed by atoms with Crippen molar-refractivity contribution in [1.29, 1.82) is 0 Å². The van der Waals surface area contributed by atoms with E-state index in [4.69, 9.17) is 4.98 Å². The summed E-state index contributed by atoms with van der Waals surface area (Å²) in [5.74, 6) is 1.13. The highest BCUT2D eigenvalue weighted by Crippen LogP contribution is 2.31. The molecule has 1 N–H and O–H groups in total. The third-order valence-electron chi connectivity index (χ3n) is 7.56. The van der Waals surface area contributed by atoms with Gasteiger partial charge in [0.25, 0.3) is 11.5 Å². The van der Waals surface area contributed by atoms with E-state index in [0.717, 1.165) is 42.8 Å². The van der Waals surface area contributed by atoms with E-state index < -0.39 is 0 Å². The fourth-order valence-corrected chi connectivity index (χ4v) is 5.25. The van der Waals surface area contributed by atoms with Gasteiger partial charge in [-0.25, -0.2) is 4.98 Å². The maximum atomic E-state index is 14.2. The Morgan fingerprint density at radius 3 is 2.30 bits per heavy atom. The molecular formula is C31H40N4O2. The monoisotopic (exact) mass is 500 g/mol. The van der Waals surface area contributed by atoms with E-state index in [0.29, 0.717) is 36.0 Å². The van der Waals surface area contributed by atoms with Crippen molar-refractivity contribution in [2.75, 3.05) is 19.6 Å². The summed E-state index contributed by atoms with van der Waals surface area (Å²) in [6.45, 7) is 13.0. The van der Waals surface area contributed by atoms with Crippen molar-refractivity contribution in [1.82, 2.24) is 19.8 Å². The van der Waals surface area contributed by atoms with Crippen molar-refractivity contribution in [2.24, 2.45) is 11.8 Å². The van der Waals surface area contributed by atoms with Gasteiger partial charge in [0.2, 0.25) is 0 Å². The third-order valence-corrected chi connectivity index (χ3v) is 7.56. The first kappa shape index (κ1) is 26.8. The molecule has 0 bridgehead atoms. The number of amides is 1. The van der Waals surface area contributed by atoms with Crippen molar-refractivity contribution in [2.45, 2.75) is 60.0 Å². The highest BCUT2D eigenvalue weighted by Gasteiger charge is 2.34. The van der Waals surface area contributed by atoms with Gasteiger partial charge in [-0.05, 0) is 76.2 Å². The molecule has 6 nitrogen and oxygen atoms in total. The molecule has 0 radical (unpaired) electrons. The van der Waals surface area contributed by atoms with Gasteiger partial charge in [-0.3, -0.25) is 14.2 Å². The summed E-state index contributed by atoms with van der Waals surface area (Å²) in [5.41, 5.74) is 4.16. The Morgan fingerprint density at radius 1 is 1.03 bits per heavy atom. The van der Waals surface area contributed by atoms with E-state index in [9.17, 15) is 9.59 Å². The number of carbonyl (C=O) groups excluding carboxylic acids is 1. The number of carbonyl (C=O) groups is 1. The second kappa shape index (κ2) is 11.9. The zero-order valence-electron chi connectivity index (χ0n) is 22.8. The van der Waals surface area contributed by atoms with Crippen molar-refractivity contribution in [3.05, 3.63) is 98.7 Å². The fourth-order valence-electron chi connectivity index (χ4n) is 5.25. The Labute approximate surface area is 220 Å². The smallest absolute Gasteiger partial charge is 0.257 e. The first-order valence-corrected chi connectivity index (χ1v) is 13.5. The van der Waals surface area contributed by atoms with Crippen LogP contribution in [0.2, 0.25) is 0 Å². The number of hydrogen-bond acceptors (Lipinski definition) is 4. The molecule has 0 spiro atoms. The summed E-state index contributed by atoms with van der Waals surface area (Å²) in [6.07, 6.45) is 2.05. The molecule has 37 heavy (non-hydrogen) atoms. The van der Waals surface area contributed by atoms with Crippen LogP contribution in [-0.4, -0.2) is 40.0 Å². The van der Waals surface area contributed by atoms with Crippen LogP contribution < -0.4 is 10.9 Å². The number of aromatic nitrogens is 2. The quantitative estimate of drug-likeness (QED) is 0.470. The van der Waals surface area contributed by atoms with E-state index in [1.54, 1.807) is 4.57 Å². The molecule has 1 amide bonds. The lowest BCUT2D eigenvalue weighted by Gasteiger charge is -2.38. The maximum absolute atomic E-state index is 14.2. The highest BCUT2D eigenvalue weighted by molar-refractivity contribution is 5.94. The van der Waals surface area contributed by atoms with Gasteiger partial charge in [-0.15, -0.1) is 0 Å². The second-order valence-electron chi connectivity index (χ2n) is 10.8. The van der Waals surface area contributed by atoms with Crippen LogP contribution in [0, 0.1) is 32.6 Å². The molecule has 0 aliphatic carbocycles. The maximum Gasteiger partial charge on any atom is 0.257 e. The van der Waals surface area contributed by atoms with Gasteiger partial charge in [0.1, 0.15) is 5.82 Å². The number of hydrogen-bond donors (Lipinski definition) is 1. The molecule has 6 heteroatoms. The number of nitrogens with zero attached hydrogens (tertiary/aromatic N) is 3. The van der Waals surface area contributed by atoms with Crippen LogP contribution in [0.15, 0.2) is 59.4 Å². The van der Waals surface area contributed by atoms with Crippen LogP contribution in [0.1, 0.15) is 71.3 Å². The Kier molecular flexibility index (Phi) is 8.59. The molecule has 1 saturated heterocycles. The molecule has 196 valence electrons. The van der Waals surface area contributed by atoms with E-state index in [2.05, 4.69) is 19.2 Å². The molecule has 1 fully saturated rings. The van der Waals surface area contributed by atoms with Crippen molar-refractivity contribution < 1.29 is 4.79 Å². The predicted octanol–water partition coefficient (Wildman–Crippen LogP) is 5.06. The molecule has 1 unspecified atom stereocenters.